The molecule has 2 aromatic rings. The van der Waals surface area contributed by atoms with Gasteiger partial charge in [-0.15, -0.1) is 0 Å². The van der Waals surface area contributed by atoms with E-state index < -0.39 is 0 Å². The molecular weight excluding hydrogens is 268 g/mol. The van der Waals surface area contributed by atoms with Crippen LogP contribution in [0, 0.1) is 0 Å². The number of aromatic nitrogens is 3. The second-order valence-electron chi connectivity index (χ2n) is 4.99. The van der Waals surface area contributed by atoms with E-state index in [9.17, 15) is 4.79 Å². The van der Waals surface area contributed by atoms with Crippen LogP contribution in [0.2, 0.25) is 0 Å². The lowest BCUT2D eigenvalue weighted by Crippen LogP contribution is -2.25. The van der Waals surface area contributed by atoms with E-state index in [1.165, 1.54) is 0 Å². The van der Waals surface area contributed by atoms with E-state index in [1.807, 2.05) is 36.1 Å². The number of amides is 1. The monoisotopic (exact) mass is 290 g/mol. The molecule has 2 heterocycles. The molecule has 0 bridgehead atoms. The van der Waals surface area contributed by atoms with Gasteiger partial charge < -0.3 is 15.0 Å². The molecule has 0 radical (unpaired) electrons. The van der Waals surface area contributed by atoms with Gasteiger partial charge in [-0.25, -0.2) is 0 Å². The van der Waals surface area contributed by atoms with Crippen LogP contribution in [0.15, 0.2) is 30.7 Å². The van der Waals surface area contributed by atoms with Gasteiger partial charge in [0.1, 0.15) is 11.4 Å². The molecule has 0 aliphatic carbocycles. The minimum Gasteiger partial charge on any atom is -0.396 e. The number of nitrogens with zero attached hydrogens (tertiary/aromatic N) is 3. The van der Waals surface area contributed by atoms with Crippen LogP contribution in [0.4, 0.5) is 0 Å². The summed E-state index contributed by atoms with van der Waals surface area (Å²) in [6.45, 7) is 0.881. The molecule has 0 aromatic carbocycles. The molecule has 2 rings (SSSR count). The Labute approximate surface area is 124 Å². The van der Waals surface area contributed by atoms with Crippen LogP contribution < -0.4 is 5.32 Å². The highest BCUT2D eigenvalue weighted by Crippen LogP contribution is 2.13. The molecule has 0 aliphatic heterocycles. The molecule has 0 aliphatic rings. The fourth-order valence-corrected chi connectivity index (χ4v) is 2.26. The van der Waals surface area contributed by atoms with E-state index in [4.69, 9.17) is 5.11 Å². The van der Waals surface area contributed by atoms with Crippen LogP contribution in [-0.4, -0.2) is 38.5 Å². The zero-order valence-corrected chi connectivity index (χ0v) is 12.3. The summed E-state index contributed by atoms with van der Waals surface area (Å²) in [5.74, 6) is 0.659. The number of carbonyl (C=O) groups is 1. The first kappa shape index (κ1) is 15.3. The van der Waals surface area contributed by atoms with Crippen molar-refractivity contribution in [2.45, 2.75) is 25.7 Å². The van der Waals surface area contributed by atoms with Crippen molar-refractivity contribution >= 4 is 5.91 Å². The zero-order valence-electron chi connectivity index (χ0n) is 12.3. The van der Waals surface area contributed by atoms with E-state index in [2.05, 4.69) is 10.4 Å². The highest BCUT2D eigenvalue weighted by molar-refractivity contribution is 5.97. The van der Waals surface area contributed by atoms with Crippen LogP contribution in [0.25, 0.3) is 5.82 Å². The summed E-state index contributed by atoms with van der Waals surface area (Å²) in [4.78, 5) is 12.2. The number of hydrogen-bond donors (Lipinski definition) is 2. The fourth-order valence-electron chi connectivity index (χ4n) is 2.26. The second kappa shape index (κ2) is 7.64. The van der Waals surface area contributed by atoms with Gasteiger partial charge in [0, 0.05) is 32.6 Å². The van der Waals surface area contributed by atoms with Crippen molar-refractivity contribution in [2.75, 3.05) is 13.2 Å². The van der Waals surface area contributed by atoms with Crippen LogP contribution >= 0.6 is 0 Å². The van der Waals surface area contributed by atoms with Gasteiger partial charge in [-0.05, 0) is 25.0 Å². The van der Waals surface area contributed by atoms with Gasteiger partial charge in [0.2, 0.25) is 0 Å². The number of unbranched alkanes of at least 4 members (excludes halogenated alkanes) is 3. The average molecular weight is 290 g/mol. The Kier molecular flexibility index (Phi) is 5.57. The minimum atomic E-state index is -0.103. The Morgan fingerprint density at radius 2 is 1.95 bits per heavy atom. The number of carbonyl (C=O) groups excluding carboxylic acids is 1. The summed E-state index contributed by atoms with van der Waals surface area (Å²) in [5.41, 5.74) is 0.573. The largest absolute Gasteiger partial charge is 0.396 e. The van der Waals surface area contributed by atoms with E-state index in [0.717, 1.165) is 31.5 Å². The molecule has 0 saturated heterocycles. The van der Waals surface area contributed by atoms with Gasteiger partial charge in [-0.2, -0.15) is 5.10 Å². The van der Waals surface area contributed by atoms with Crippen molar-refractivity contribution in [3.05, 3.63) is 36.3 Å². The number of aliphatic hydroxyl groups excluding tert-OH is 1. The molecule has 114 valence electrons. The van der Waals surface area contributed by atoms with Crippen molar-refractivity contribution < 1.29 is 9.90 Å². The predicted octanol–water partition coefficient (Wildman–Crippen LogP) is 1.49. The summed E-state index contributed by atoms with van der Waals surface area (Å²) in [7, 11) is 1.82. The van der Waals surface area contributed by atoms with Crippen molar-refractivity contribution in [3.8, 4) is 5.82 Å². The molecule has 0 saturated carbocycles. The third-order valence-electron chi connectivity index (χ3n) is 3.37. The highest BCUT2D eigenvalue weighted by Gasteiger charge is 2.16. The number of aryl methyl sites for hydroxylation is 1. The summed E-state index contributed by atoms with van der Waals surface area (Å²) < 4.78 is 3.57. The van der Waals surface area contributed by atoms with Crippen LogP contribution in [-0.2, 0) is 7.05 Å². The highest BCUT2D eigenvalue weighted by atomic mass is 16.2. The molecule has 1 amide bonds. The van der Waals surface area contributed by atoms with E-state index in [-0.39, 0.29) is 12.5 Å². The van der Waals surface area contributed by atoms with Crippen molar-refractivity contribution in [2.24, 2.45) is 7.05 Å². The summed E-state index contributed by atoms with van der Waals surface area (Å²) in [5, 5.41) is 15.8. The van der Waals surface area contributed by atoms with Gasteiger partial charge in [0.25, 0.3) is 5.91 Å². The first-order chi connectivity index (χ1) is 10.2. The molecule has 0 unspecified atom stereocenters. The van der Waals surface area contributed by atoms with Gasteiger partial charge in [0.05, 0.1) is 6.20 Å². The number of hydrogen-bond acceptors (Lipinski definition) is 3. The van der Waals surface area contributed by atoms with Crippen LogP contribution in [0.5, 0.6) is 0 Å². The topological polar surface area (TPSA) is 72.1 Å². The Hall–Kier alpha value is -2.08. The van der Waals surface area contributed by atoms with Crippen molar-refractivity contribution in [3.63, 3.8) is 0 Å². The fraction of sp³-hybridized carbons (Fsp3) is 0.467. The Bertz CT molecular complexity index is 560. The first-order valence-corrected chi connectivity index (χ1v) is 7.28. The molecule has 6 nitrogen and oxygen atoms in total. The number of rotatable bonds is 8. The average Bonchev–Trinajstić information content (AvgIpc) is 3.11. The van der Waals surface area contributed by atoms with Crippen LogP contribution in [0.3, 0.4) is 0 Å². The third-order valence-corrected chi connectivity index (χ3v) is 3.37. The quantitative estimate of drug-likeness (QED) is 0.724. The molecule has 2 N–H and O–H groups in total. The lowest BCUT2D eigenvalue weighted by atomic mass is 10.2. The SMILES string of the molecule is Cn1ncc(C(=O)NCCCCCCO)c1-n1cccc1. The Morgan fingerprint density at radius 1 is 1.24 bits per heavy atom. The maximum atomic E-state index is 12.2. The maximum Gasteiger partial charge on any atom is 0.256 e. The van der Waals surface area contributed by atoms with Crippen molar-refractivity contribution in [1.29, 1.82) is 0 Å². The first-order valence-electron chi connectivity index (χ1n) is 7.28. The van der Waals surface area contributed by atoms with E-state index in [1.54, 1.807) is 10.9 Å². The van der Waals surface area contributed by atoms with Gasteiger partial charge in [-0.1, -0.05) is 12.8 Å². The Balaban J connectivity index is 1.91. The summed E-state index contributed by atoms with van der Waals surface area (Å²) >= 11 is 0. The second-order valence-corrected chi connectivity index (χ2v) is 4.99. The summed E-state index contributed by atoms with van der Waals surface area (Å²) in [6, 6.07) is 3.83. The maximum absolute atomic E-state index is 12.2. The van der Waals surface area contributed by atoms with Gasteiger partial charge in [0.15, 0.2) is 0 Å². The number of aliphatic hydroxyl groups is 1. The van der Waals surface area contributed by atoms with Gasteiger partial charge in [-0.3, -0.25) is 9.48 Å². The molecule has 21 heavy (non-hydrogen) atoms. The number of nitrogens with one attached hydrogen (secondary N) is 1. The zero-order chi connectivity index (χ0) is 15.1. The third kappa shape index (κ3) is 3.95. The van der Waals surface area contributed by atoms with Crippen LogP contribution in [0.1, 0.15) is 36.0 Å². The van der Waals surface area contributed by atoms with E-state index >= 15 is 0 Å². The summed E-state index contributed by atoms with van der Waals surface area (Å²) in [6.07, 6.45) is 9.13. The van der Waals surface area contributed by atoms with Gasteiger partial charge >= 0.3 is 0 Å². The van der Waals surface area contributed by atoms with E-state index in [0.29, 0.717) is 12.1 Å². The predicted molar refractivity (Wildman–Crippen MR) is 80.4 cm³/mol. The lowest BCUT2D eigenvalue weighted by Gasteiger charge is -2.08. The normalized spacial score (nSPS) is 10.8. The van der Waals surface area contributed by atoms with Crippen molar-refractivity contribution in [1.82, 2.24) is 19.7 Å². The standard InChI is InChI=1S/C15H22N4O2/c1-18-15(19-9-5-6-10-19)13(12-17-18)14(21)16-8-4-2-3-7-11-20/h5-6,9-10,12,20H,2-4,7-8,11H2,1H3,(H,16,21). The molecule has 0 spiro atoms. The minimum absolute atomic E-state index is 0.103. The molecule has 0 atom stereocenters. The molecule has 0 fully saturated rings. The molecule has 6 heteroatoms. The Morgan fingerprint density at radius 3 is 2.67 bits per heavy atom. The lowest BCUT2D eigenvalue weighted by molar-refractivity contribution is 0.0952. The molecular formula is C15H22N4O2. The molecule has 2 aromatic heterocycles. The smallest absolute Gasteiger partial charge is 0.256 e.